The van der Waals surface area contributed by atoms with E-state index in [9.17, 15) is 9.59 Å². The second kappa shape index (κ2) is 9.52. The van der Waals surface area contributed by atoms with Crippen molar-refractivity contribution < 1.29 is 27.9 Å². The molecule has 9 heteroatoms. The molecule has 35 heavy (non-hydrogen) atoms. The Kier molecular flexibility index (Phi) is 5.96. The molecule has 0 bridgehead atoms. The zero-order chi connectivity index (χ0) is 24.2. The number of hydrogen-bond donors (Lipinski definition) is 1. The lowest BCUT2D eigenvalue weighted by Crippen LogP contribution is -2.21. The number of rotatable bonds is 7. The van der Waals surface area contributed by atoms with E-state index >= 15 is 0 Å². The Labute approximate surface area is 199 Å². The fourth-order valence-electron chi connectivity index (χ4n) is 3.46. The molecule has 0 fully saturated rings. The van der Waals surface area contributed by atoms with Crippen LogP contribution in [0.5, 0.6) is 5.75 Å². The van der Waals surface area contributed by atoms with Crippen molar-refractivity contribution >= 4 is 28.6 Å². The Morgan fingerprint density at radius 2 is 1.57 bits per heavy atom. The van der Waals surface area contributed by atoms with Gasteiger partial charge in [-0.2, -0.15) is 0 Å². The molecule has 3 heterocycles. The highest BCUT2D eigenvalue weighted by molar-refractivity contribution is 5.97. The third-order valence-electron chi connectivity index (χ3n) is 5.10. The van der Waals surface area contributed by atoms with E-state index in [-0.39, 0.29) is 5.56 Å². The predicted octanol–water partition coefficient (Wildman–Crippen LogP) is 4.95. The monoisotopic (exact) mass is 469 g/mol. The van der Waals surface area contributed by atoms with Crippen molar-refractivity contribution in [3.8, 4) is 28.7 Å². The van der Waals surface area contributed by atoms with E-state index in [1.807, 2.05) is 0 Å². The topological polar surface area (TPSA) is 117 Å². The van der Waals surface area contributed by atoms with Crippen LogP contribution in [0.15, 0.2) is 88.1 Å². The molecule has 0 aliphatic heterocycles. The molecule has 2 aromatic carbocycles. The summed E-state index contributed by atoms with van der Waals surface area (Å²) in [7, 11) is 1.53. The van der Waals surface area contributed by atoms with Crippen molar-refractivity contribution in [1.29, 1.82) is 0 Å². The van der Waals surface area contributed by atoms with Crippen LogP contribution in [-0.2, 0) is 9.53 Å². The normalized spacial score (nSPS) is 10.8. The molecule has 0 unspecified atom stereocenters. The van der Waals surface area contributed by atoms with E-state index in [1.54, 1.807) is 73.0 Å². The van der Waals surface area contributed by atoms with Crippen LogP contribution < -0.4 is 10.1 Å². The van der Waals surface area contributed by atoms with Crippen molar-refractivity contribution in [2.45, 2.75) is 0 Å². The number of anilines is 1. The van der Waals surface area contributed by atoms with Gasteiger partial charge in [-0.1, -0.05) is 6.07 Å². The highest BCUT2D eigenvalue weighted by Gasteiger charge is 2.19. The lowest BCUT2D eigenvalue weighted by molar-refractivity contribution is -0.119. The van der Waals surface area contributed by atoms with Crippen LogP contribution in [-0.4, -0.2) is 35.6 Å². The third-order valence-corrected chi connectivity index (χ3v) is 5.10. The van der Waals surface area contributed by atoms with Crippen molar-refractivity contribution in [3.05, 3.63) is 84.8 Å². The highest BCUT2D eigenvalue weighted by Crippen LogP contribution is 2.31. The van der Waals surface area contributed by atoms with Gasteiger partial charge in [-0.3, -0.25) is 4.79 Å². The van der Waals surface area contributed by atoms with Gasteiger partial charge in [0.1, 0.15) is 17.1 Å². The molecule has 0 spiro atoms. The third kappa shape index (κ3) is 4.74. The van der Waals surface area contributed by atoms with Crippen LogP contribution in [0.3, 0.4) is 0 Å². The van der Waals surface area contributed by atoms with Gasteiger partial charge in [0.05, 0.1) is 36.2 Å². The summed E-state index contributed by atoms with van der Waals surface area (Å²) in [5.41, 5.74) is 2.77. The summed E-state index contributed by atoms with van der Waals surface area (Å²) in [4.78, 5) is 34.2. The molecule has 9 nitrogen and oxygen atoms in total. The summed E-state index contributed by atoms with van der Waals surface area (Å²) in [6.45, 7) is -0.450. The molecule has 5 aromatic rings. The smallest absolute Gasteiger partial charge is 0.338 e. The molecule has 0 aliphatic carbocycles. The highest BCUT2D eigenvalue weighted by atomic mass is 16.5. The maximum absolute atomic E-state index is 12.6. The van der Waals surface area contributed by atoms with Gasteiger partial charge in [-0.25, -0.2) is 14.8 Å². The maximum Gasteiger partial charge on any atom is 0.338 e. The first kappa shape index (κ1) is 21.9. The van der Waals surface area contributed by atoms with Gasteiger partial charge in [0.15, 0.2) is 18.1 Å². The van der Waals surface area contributed by atoms with E-state index in [4.69, 9.17) is 18.3 Å². The molecule has 174 valence electrons. The van der Waals surface area contributed by atoms with E-state index in [1.165, 1.54) is 13.4 Å². The van der Waals surface area contributed by atoms with Crippen LogP contribution >= 0.6 is 0 Å². The maximum atomic E-state index is 12.6. The Morgan fingerprint density at radius 3 is 2.23 bits per heavy atom. The number of methoxy groups -OCH3 is 1. The molecule has 0 radical (unpaired) electrons. The first-order chi connectivity index (χ1) is 17.1. The summed E-state index contributed by atoms with van der Waals surface area (Å²) in [6.07, 6.45) is 3.09. The Hall–Kier alpha value is -4.92. The number of nitrogens with zero attached hydrogens (tertiary/aromatic N) is 2. The molecular formula is C26H19N3O6. The van der Waals surface area contributed by atoms with Crippen LogP contribution in [0, 0.1) is 0 Å². The minimum absolute atomic E-state index is 0.233. The molecule has 0 aliphatic rings. The minimum atomic E-state index is -0.663. The average molecular weight is 469 g/mol. The lowest BCUT2D eigenvalue weighted by atomic mass is 10.1. The van der Waals surface area contributed by atoms with Gasteiger partial charge in [0.2, 0.25) is 0 Å². The first-order valence-corrected chi connectivity index (χ1v) is 10.6. The van der Waals surface area contributed by atoms with Crippen molar-refractivity contribution in [3.63, 3.8) is 0 Å². The average Bonchev–Trinajstić information content (AvgIpc) is 3.61. The van der Waals surface area contributed by atoms with Gasteiger partial charge in [-0.05, 0) is 54.6 Å². The molecule has 1 N–H and O–H groups in total. The summed E-state index contributed by atoms with van der Waals surface area (Å²) < 4.78 is 21.4. The van der Waals surface area contributed by atoms with Gasteiger partial charge >= 0.3 is 5.97 Å². The summed E-state index contributed by atoms with van der Waals surface area (Å²) in [5, 5.41) is 2.66. The number of furan rings is 2. The first-order valence-electron chi connectivity index (χ1n) is 10.6. The van der Waals surface area contributed by atoms with E-state index in [0.29, 0.717) is 45.4 Å². The van der Waals surface area contributed by atoms with Crippen molar-refractivity contribution in [2.24, 2.45) is 0 Å². The fourth-order valence-corrected chi connectivity index (χ4v) is 3.46. The number of carbonyl (C=O) groups is 2. The molecule has 0 saturated carbocycles. The Morgan fingerprint density at radius 1 is 0.857 bits per heavy atom. The predicted molar refractivity (Wildman–Crippen MR) is 127 cm³/mol. The molecule has 3 aromatic heterocycles. The lowest BCUT2D eigenvalue weighted by Gasteiger charge is -2.09. The van der Waals surface area contributed by atoms with E-state index in [0.717, 1.165) is 0 Å². The van der Waals surface area contributed by atoms with Crippen molar-refractivity contribution in [1.82, 2.24) is 9.97 Å². The van der Waals surface area contributed by atoms with Crippen LogP contribution in [0.2, 0.25) is 0 Å². The largest absolute Gasteiger partial charge is 0.497 e. The summed E-state index contributed by atoms with van der Waals surface area (Å²) in [6, 6.07) is 18.7. The number of carbonyl (C=O) groups excluding carboxylic acids is 2. The Balaban J connectivity index is 1.35. The summed E-state index contributed by atoms with van der Waals surface area (Å²) >= 11 is 0. The molecule has 0 atom stereocenters. The molecular weight excluding hydrogens is 450 g/mol. The number of esters is 1. The number of hydrogen-bond acceptors (Lipinski definition) is 8. The van der Waals surface area contributed by atoms with Crippen LogP contribution in [0.1, 0.15) is 10.4 Å². The molecule has 0 saturated heterocycles. The SMILES string of the molecule is COc1cccc(NC(=O)COC(=O)c2ccc3nc(-c4ccco4)c(-c4ccco4)nc3c2)c1. The second-order valence-corrected chi connectivity index (χ2v) is 7.44. The van der Waals surface area contributed by atoms with E-state index < -0.39 is 18.5 Å². The standard InChI is InChI=1S/C26H19N3O6/c1-32-18-6-2-5-17(14-18)27-23(30)15-35-26(31)16-9-10-19-20(13-16)29-25(22-8-4-12-34-22)24(28-19)21-7-3-11-33-21/h2-14H,15H2,1H3,(H,27,30). The van der Waals surface area contributed by atoms with Crippen LogP contribution in [0.4, 0.5) is 5.69 Å². The van der Waals surface area contributed by atoms with Gasteiger partial charge in [0.25, 0.3) is 5.91 Å². The zero-order valence-corrected chi connectivity index (χ0v) is 18.6. The number of nitrogens with one attached hydrogen (secondary N) is 1. The number of fused-ring (bicyclic) bond motifs is 1. The number of ether oxygens (including phenoxy) is 2. The molecule has 5 rings (SSSR count). The number of aromatic nitrogens is 2. The van der Waals surface area contributed by atoms with Crippen LogP contribution in [0.25, 0.3) is 33.9 Å². The Bertz CT molecular complexity index is 1490. The van der Waals surface area contributed by atoms with Crippen molar-refractivity contribution in [2.75, 3.05) is 19.0 Å². The second-order valence-electron chi connectivity index (χ2n) is 7.44. The number of amides is 1. The van der Waals surface area contributed by atoms with Gasteiger partial charge < -0.3 is 23.6 Å². The van der Waals surface area contributed by atoms with E-state index in [2.05, 4.69) is 15.3 Å². The zero-order valence-electron chi connectivity index (χ0n) is 18.6. The van der Waals surface area contributed by atoms with Gasteiger partial charge in [-0.15, -0.1) is 0 Å². The fraction of sp³-hybridized carbons (Fsp3) is 0.0769. The summed E-state index contributed by atoms with van der Waals surface area (Å²) in [5.74, 6) is 0.505. The number of benzene rings is 2. The van der Waals surface area contributed by atoms with Gasteiger partial charge in [0, 0.05) is 11.8 Å². The minimum Gasteiger partial charge on any atom is -0.497 e. The quantitative estimate of drug-likeness (QED) is 0.333. The molecule has 1 amide bonds.